The summed E-state index contributed by atoms with van der Waals surface area (Å²) < 4.78 is 21.2. The van der Waals surface area contributed by atoms with E-state index in [1.165, 1.54) is 12.5 Å². The van der Waals surface area contributed by atoms with E-state index in [4.69, 9.17) is 4.42 Å². The Morgan fingerprint density at radius 1 is 1.24 bits per heavy atom. The first-order valence-corrected chi connectivity index (χ1v) is 7.74. The first-order valence-electron chi connectivity index (χ1n) is 7.74. The van der Waals surface area contributed by atoms with E-state index in [1.807, 2.05) is 18.2 Å². The molecule has 0 unspecified atom stereocenters. The number of allylic oxidation sites excluding steroid dienone is 2. The van der Waals surface area contributed by atoms with Gasteiger partial charge in [0.15, 0.2) is 12.2 Å². The molecule has 0 aliphatic carbocycles. The molecule has 0 saturated heterocycles. The van der Waals surface area contributed by atoms with E-state index in [-0.39, 0.29) is 12.4 Å². The van der Waals surface area contributed by atoms with Crippen molar-refractivity contribution in [3.05, 3.63) is 78.3 Å². The van der Waals surface area contributed by atoms with Crippen molar-refractivity contribution in [3.63, 3.8) is 0 Å². The topological polar surface area (TPSA) is 68.6 Å². The number of nitrogens with zero attached hydrogens (tertiary/aromatic N) is 5. The molecule has 2 aromatic heterocycles. The van der Waals surface area contributed by atoms with Crippen LogP contribution in [0.3, 0.4) is 0 Å². The summed E-state index contributed by atoms with van der Waals surface area (Å²) >= 11 is 0. The van der Waals surface area contributed by atoms with Crippen LogP contribution in [-0.2, 0) is 6.54 Å². The van der Waals surface area contributed by atoms with Gasteiger partial charge >= 0.3 is 0 Å². The highest BCUT2D eigenvalue weighted by molar-refractivity contribution is 5.69. The number of benzene rings is 1. The highest BCUT2D eigenvalue weighted by atomic mass is 19.1. The second-order valence-corrected chi connectivity index (χ2v) is 5.48. The first kappa shape index (κ1) is 15.2. The molecule has 0 amide bonds. The Labute approximate surface area is 143 Å². The smallest absolute Gasteiger partial charge is 0.181 e. The number of rotatable bonds is 4. The fourth-order valence-electron chi connectivity index (χ4n) is 2.60. The Bertz CT molecular complexity index is 969. The van der Waals surface area contributed by atoms with Gasteiger partial charge < -0.3 is 4.42 Å². The summed E-state index contributed by atoms with van der Waals surface area (Å²) in [6.07, 6.45) is 8.33. The summed E-state index contributed by atoms with van der Waals surface area (Å²) in [4.78, 5) is 3.96. The van der Waals surface area contributed by atoms with Crippen molar-refractivity contribution in [3.8, 4) is 11.5 Å². The molecule has 0 atom stereocenters. The van der Waals surface area contributed by atoms with Gasteiger partial charge in [0.05, 0.1) is 25.0 Å². The zero-order chi connectivity index (χ0) is 17.1. The van der Waals surface area contributed by atoms with Crippen LogP contribution in [0.25, 0.3) is 17.0 Å². The molecule has 1 aliphatic rings. The van der Waals surface area contributed by atoms with Crippen LogP contribution in [0.2, 0.25) is 0 Å². The molecule has 7 heteroatoms. The highest BCUT2D eigenvalue weighted by Crippen LogP contribution is 2.25. The number of halogens is 1. The molecule has 0 fully saturated rings. The van der Waals surface area contributed by atoms with Gasteiger partial charge in [0.25, 0.3) is 0 Å². The molecule has 124 valence electrons. The van der Waals surface area contributed by atoms with Gasteiger partial charge in [-0.3, -0.25) is 4.68 Å². The van der Waals surface area contributed by atoms with E-state index in [9.17, 15) is 4.39 Å². The van der Waals surface area contributed by atoms with E-state index in [2.05, 4.69) is 20.3 Å². The number of hydrogen-bond acceptors (Lipinski definition) is 5. The summed E-state index contributed by atoms with van der Waals surface area (Å²) in [5, 5.41) is 12.6. The van der Waals surface area contributed by atoms with Crippen molar-refractivity contribution in [2.45, 2.75) is 6.54 Å². The van der Waals surface area contributed by atoms with Crippen LogP contribution >= 0.6 is 0 Å². The first-order chi connectivity index (χ1) is 12.3. The van der Waals surface area contributed by atoms with Gasteiger partial charge in [0.1, 0.15) is 11.5 Å². The van der Waals surface area contributed by atoms with Crippen LogP contribution in [0.5, 0.6) is 0 Å². The number of azo groups is 1. The Morgan fingerprint density at radius 2 is 2.16 bits per heavy atom. The largest absolute Gasteiger partial charge is 0.442 e. The maximum Gasteiger partial charge on any atom is 0.181 e. The maximum atomic E-state index is 14.0. The van der Waals surface area contributed by atoms with E-state index in [1.54, 1.807) is 35.3 Å². The number of hydrogen-bond donors (Lipinski definition) is 0. The number of oxazole rings is 1. The second-order valence-electron chi connectivity index (χ2n) is 5.48. The lowest BCUT2D eigenvalue weighted by Crippen LogP contribution is -2.06. The van der Waals surface area contributed by atoms with Gasteiger partial charge in [-0.15, -0.1) is 0 Å². The van der Waals surface area contributed by atoms with Crippen LogP contribution < -0.4 is 0 Å². The molecule has 0 spiro atoms. The lowest BCUT2D eigenvalue weighted by molar-refractivity contribution is 0.553. The Morgan fingerprint density at radius 3 is 3.00 bits per heavy atom. The molecule has 0 bridgehead atoms. The normalized spacial score (nSPS) is 13.7. The summed E-state index contributed by atoms with van der Waals surface area (Å²) in [5.74, 6) is 0.301. The highest BCUT2D eigenvalue weighted by Gasteiger charge is 2.16. The van der Waals surface area contributed by atoms with Crippen LogP contribution in [-0.4, -0.2) is 21.3 Å². The average Bonchev–Trinajstić information content (AvgIpc) is 3.21. The minimum atomic E-state index is -0.270. The van der Waals surface area contributed by atoms with Gasteiger partial charge in [-0.05, 0) is 18.2 Å². The standard InChI is InChI=1S/C18H14FN5O/c19-15-6-2-1-4-14(15)11-24-17(18-10-20-12-25-18)8-16(23-24)13-5-3-7-21-22-9-13/h1-8,10,12H,9,11H2. The summed E-state index contributed by atoms with van der Waals surface area (Å²) in [7, 11) is 0. The lowest BCUT2D eigenvalue weighted by Gasteiger charge is -2.06. The van der Waals surface area contributed by atoms with Crippen LogP contribution in [0, 0.1) is 5.82 Å². The van der Waals surface area contributed by atoms with Crippen molar-refractivity contribution >= 4 is 5.57 Å². The summed E-state index contributed by atoms with van der Waals surface area (Å²) in [6.45, 7) is 0.715. The third-order valence-electron chi connectivity index (χ3n) is 3.84. The van der Waals surface area contributed by atoms with Crippen LogP contribution in [0.15, 0.2) is 75.9 Å². The zero-order valence-corrected chi connectivity index (χ0v) is 13.2. The number of aromatic nitrogens is 3. The second kappa shape index (κ2) is 6.64. The molecule has 6 nitrogen and oxygen atoms in total. The van der Waals surface area contributed by atoms with E-state index < -0.39 is 0 Å². The van der Waals surface area contributed by atoms with Crippen molar-refractivity contribution in [1.82, 2.24) is 14.8 Å². The Kier molecular flexibility index (Phi) is 4.04. The van der Waals surface area contributed by atoms with Gasteiger partial charge in [-0.2, -0.15) is 15.3 Å². The Balaban J connectivity index is 1.76. The molecular weight excluding hydrogens is 321 g/mol. The SMILES string of the molecule is Fc1ccccc1Cn1nc(C2=CC=CN=NC2)cc1-c1cnco1. The van der Waals surface area contributed by atoms with Crippen molar-refractivity contribution in [2.24, 2.45) is 10.2 Å². The zero-order valence-electron chi connectivity index (χ0n) is 13.2. The molecule has 25 heavy (non-hydrogen) atoms. The molecular formula is C18H14FN5O. The van der Waals surface area contributed by atoms with Crippen LogP contribution in [0.1, 0.15) is 11.3 Å². The van der Waals surface area contributed by atoms with Crippen molar-refractivity contribution < 1.29 is 8.81 Å². The monoisotopic (exact) mass is 335 g/mol. The molecule has 0 N–H and O–H groups in total. The molecule has 3 aromatic rings. The average molecular weight is 335 g/mol. The minimum Gasteiger partial charge on any atom is -0.442 e. The molecule has 0 saturated carbocycles. The lowest BCUT2D eigenvalue weighted by atomic mass is 10.1. The third-order valence-corrected chi connectivity index (χ3v) is 3.84. The molecule has 0 radical (unpaired) electrons. The fraction of sp³-hybridized carbons (Fsp3) is 0.111. The quantitative estimate of drug-likeness (QED) is 0.721. The van der Waals surface area contributed by atoms with E-state index in [0.717, 1.165) is 17.0 Å². The van der Waals surface area contributed by atoms with Gasteiger partial charge in [-0.1, -0.05) is 24.3 Å². The fourth-order valence-corrected chi connectivity index (χ4v) is 2.60. The van der Waals surface area contributed by atoms with Crippen LogP contribution in [0.4, 0.5) is 4.39 Å². The van der Waals surface area contributed by atoms with Crippen molar-refractivity contribution in [2.75, 3.05) is 6.54 Å². The minimum absolute atomic E-state index is 0.270. The van der Waals surface area contributed by atoms with Gasteiger partial charge in [-0.25, -0.2) is 9.37 Å². The van der Waals surface area contributed by atoms with Crippen molar-refractivity contribution in [1.29, 1.82) is 0 Å². The van der Waals surface area contributed by atoms with Gasteiger partial charge in [0.2, 0.25) is 0 Å². The molecule has 1 aromatic carbocycles. The van der Waals surface area contributed by atoms with E-state index in [0.29, 0.717) is 17.9 Å². The Hall–Kier alpha value is -3.35. The molecule has 3 heterocycles. The predicted molar refractivity (Wildman–Crippen MR) is 90.1 cm³/mol. The molecule has 4 rings (SSSR count). The summed E-state index contributed by atoms with van der Waals surface area (Å²) in [5.41, 5.74) is 2.94. The molecule has 1 aliphatic heterocycles. The maximum absolute atomic E-state index is 14.0. The summed E-state index contributed by atoms with van der Waals surface area (Å²) in [6, 6.07) is 8.53. The third kappa shape index (κ3) is 3.16. The predicted octanol–water partition coefficient (Wildman–Crippen LogP) is 4.09. The van der Waals surface area contributed by atoms with Gasteiger partial charge in [0, 0.05) is 17.3 Å². The van der Waals surface area contributed by atoms with E-state index >= 15 is 0 Å².